The maximum absolute atomic E-state index is 12.1. The van der Waals surface area contributed by atoms with E-state index in [0.717, 1.165) is 0 Å². The number of aromatic nitrogens is 4. The van der Waals surface area contributed by atoms with Gasteiger partial charge in [0.05, 0.1) is 25.4 Å². The molecule has 4 rings (SSSR count). The van der Waals surface area contributed by atoms with Crippen LogP contribution in [0.25, 0.3) is 0 Å². The maximum atomic E-state index is 12.1. The van der Waals surface area contributed by atoms with Gasteiger partial charge in [-0.15, -0.1) is 11.8 Å². The highest BCUT2D eigenvalue weighted by molar-refractivity contribution is 7.99. The van der Waals surface area contributed by atoms with Crippen LogP contribution in [-0.4, -0.2) is 72.0 Å². The lowest BCUT2D eigenvalue weighted by Gasteiger charge is -2.18. The number of aliphatic hydroxyl groups is 2. The van der Waals surface area contributed by atoms with Crippen LogP contribution in [0.2, 0.25) is 0 Å². The van der Waals surface area contributed by atoms with Crippen LogP contribution >= 0.6 is 11.8 Å². The van der Waals surface area contributed by atoms with Gasteiger partial charge in [0.15, 0.2) is 0 Å². The Morgan fingerprint density at radius 1 is 1.00 bits per heavy atom. The Balaban J connectivity index is 1.30. The van der Waals surface area contributed by atoms with E-state index < -0.39 is 58.7 Å². The summed E-state index contributed by atoms with van der Waals surface area (Å²) in [7, 11) is 0. The summed E-state index contributed by atoms with van der Waals surface area (Å²) >= 11 is 1.32. The second-order valence-corrected chi connectivity index (χ2v) is 9.75. The first-order valence-electron chi connectivity index (χ1n) is 11.1. The van der Waals surface area contributed by atoms with Gasteiger partial charge in [-0.1, -0.05) is 0 Å². The summed E-state index contributed by atoms with van der Waals surface area (Å²) in [5, 5.41) is 20.0. The first-order valence-corrected chi connectivity index (χ1v) is 12.2. The van der Waals surface area contributed by atoms with E-state index >= 15 is 0 Å². The zero-order chi connectivity index (χ0) is 25.3. The fourth-order valence-corrected chi connectivity index (χ4v) is 5.09. The van der Waals surface area contributed by atoms with E-state index in [4.69, 9.17) is 14.2 Å². The zero-order valence-corrected chi connectivity index (χ0v) is 20.0. The molecule has 4 N–H and O–H groups in total. The van der Waals surface area contributed by atoms with Crippen LogP contribution in [0.1, 0.15) is 36.4 Å². The molecule has 0 aliphatic carbocycles. The van der Waals surface area contributed by atoms with Crippen molar-refractivity contribution in [1.82, 2.24) is 19.1 Å². The predicted molar refractivity (Wildman–Crippen MR) is 124 cm³/mol. The molecule has 2 aliphatic rings. The average molecular weight is 513 g/mol. The molecule has 2 saturated heterocycles. The highest BCUT2D eigenvalue weighted by Gasteiger charge is 2.38. The summed E-state index contributed by atoms with van der Waals surface area (Å²) in [5.41, 5.74) is -2.00. The van der Waals surface area contributed by atoms with E-state index in [1.807, 2.05) is 0 Å². The van der Waals surface area contributed by atoms with Gasteiger partial charge in [-0.3, -0.25) is 28.7 Å². The summed E-state index contributed by atoms with van der Waals surface area (Å²) in [5.74, 6) is 0.449. The summed E-state index contributed by atoms with van der Waals surface area (Å²) in [6.07, 6.45) is 0.0115. The first kappa shape index (κ1) is 25.6. The lowest BCUT2D eigenvalue weighted by molar-refractivity contribution is -0.0600. The molecule has 2 aromatic heterocycles. The Morgan fingerprint density at radius 2 is 1.57 bits per heavy atom. The van der Waals surface area contributed by atoms with Crippen molar-refractivity contribution in [1.29, 1.82) is 0 Å². The van der Waals surface area contributed by atoms with Crippen LogP contribution < -0.4 is 22.5 Å². The topological polar surface area (TPSA) is 178 Å². The Labute approximate surface area is 202 Å². The number of rotatable bonds is 8. The minimum atomic E-state index is -0.816. The molecule has 2 fully saturated rings. The number of nitrogens with zero attached hydrogens (tertiary/aromatic N) is 2. The number of ether oxygens (including phenoxy) is 3. The number of hydrogen-bond donors (Lipinski definition) is 4. The molecule has 0 radical (unpaired) electrons. The molecule has 192 valence electrons. The minimum Gasteiger partial charge on any atom is -0.394 e. The SMILES string of the molecule is Cc1cn(C2CC(O)C(SCCO[C@H]3C[C@H](n4cc(C)c(=O)[nH]c4=O)O[C@@H]3CO)O2)c(=O)[nH]c1=O. The fourth-order valence-electron chi connectivity index (χ4n) is 4.12. The lowest BCUT2D eigenvalue weighted by Crippen LogP contribution is -2.33. The molecule has 6 atom stereocenters. The van der Waals surface area contributed by atoms with E-state index in [1.54, 1.807) is 13.8 Å². The standard InChI is InChI=1S/C21H28N4O9S/c1-10-7-24(20(30)22-17(10)28)15-5-12(27)19(34-15)35-4-3-32-13-6-16(33-14(13)9-26)25-8-11(2)18(29)23-21(25)31/h7-8,12-16,19,26-27H,3-6,9H2,1-2H3,(H,22,28,30)(H,23,29,31)/t12?,13-,14+,15?,16+,19?/m0/s1. The second kappa shape index (κ2) is 10.6. The van der Waals surface area contributed by atoms with Gasteiger partial charge < -0.3 is 24.4 Å². The summed E-state index contributed by atoms with van der Waals surface area (Å²) in [4.78, 5) is 51.9. The second-order valence-electron chi connectivity index (χ2n) is 8.55. The van der Waals surface area contributed by atoms with E-state index in [2.05, 4.69) is 9.97 Å². The molecule has 2 aliphatic heterocycles. The van der Waals surface area contributed by atoms with E-state index in [-0.39, 0.29) is 19.6 Å². The monoisotopic (exact) mass is 512 g/mol. The number of hydrogen-bond acceptors (Lipinski definition) is 10. The van der Waals surface area contributed by atoms with Gasteiger partial charge in [0.1, 0.15) is 24.0 Å². The van der Waals surface area contributed by atoms with E-state index in [1.165, 1.54) is 33.3 Å². The Morgan fingerprint density at radius 3 is 2.14 bits per heavy atom. The number of aromatic amines is 2. The van der Waals surface area contributed by atoms with Crippen molar-refractivity contribution in [3.8, 4) is 0 Å². The van der Waals surface area contributed by atoms with Crippen LogP contribution in [0, 0.1) is 13.8 Å². The minimum absolute atomic E-state index is 0.196. The molecule has 0 bridgehead atoms. The molecule has 3 unspecified atom stereocenters. The van der Waals surface area contributed by atoms with Gasteiger partial charge in [0.25, 0.3) is 11.1 Å². The number of aliphatic hydroxyl groups excluding tert-OH is 2. The first-order chi connectivity index (χ1) is 16.7. The van der Waals surface area contributed by atoms with Crippen molar-refractivity contribution in [3.63, 3.8) is 0 Å². The predicted octanol–water partition coefficient (Wildman–Crippen LogP) is -1.29. The van der Waals surface area contributed by atoms with Crippen LogP contribution in [-0.2, 0) is 14.2 Å². The van der Waals surface area contributed by atoms with Crippen molar-refractivity contribution in [2.75, 3.05) is 19.0 Å². The van der Waals surface area contributed by atoms with Crippen LogP contribution in [0.4, 0.5) is 0 Å². The van der Waals surface area contributed by atoms with Crippen molar-refractivity contribution >= 4 is 11.8 Å². The number of nitrogens with one attached hydrogen (secondary N) is 2. The third-order valence-corrected chi connectivity index (χ3v) is 7.17. The molecular weight excluding hydrogens is 484 g/mol. The maximum Gasteiger partial charge on any atom is 0.330 e. The molecule has 2 aromatic rings. The summed E-state index contributed by atoms with van der Waals surface area (Å²) in [6, 6.07) is 0. The van der Waals surface area contributed by atoms with Gasteiger partial charge in [-0.2, -0.15) is 0 Å². The molecule has 35 heavy (non-hydrogen) atoms. The quantitative estimate of drug-likeness (QED) is 0.311. The van der Waals surface area contributed by atoms with Crippen LogP contribution in [0.5, 0.6) is 0 Å². The van der Waals surface area contributed by atoms with E-state index in [0.29, 0.717) is 23.3 Å². The number of aryl methyl sites for hydroxylation is 2. The van der Waals surface area contributed by atoms with Crippen molar-refractivity contribution in [2.45, 2.75) is 62.9 Å². The van der Waals surface area contributed by atoms with Gasteiger partial charge in [0.2, 0.25) is 0 Å². The highest BCUT2D eigenvalue weighted by Crippen LogP contribution is 2.34. The zero-order valence-electron chi connectivity index (χ0n) is 19.2. The fraction of sp³-hybridized carbons (Fsp3) is 0.619. The number of thioether (sulfide) groups is 1. The molecule has 4 heterocycles. The third-order valence-electron chi connectivity index (χ3n) is 6.02. The van der Waals surface area contributed by atoms with Crippen LogP contribution in [0.15, 0.2) is 31.6 Å². The van der Waals surface area contributed by atoms with Gasteiger partial charge >= 0.3 is 11.4 Å². The van der Waals surface area contributed by atoms with Crippen LogP contribution in [0.3, 0.4) is 0 Å². The molecule has 0 spiro atoms. The summed E-state index contributed by atoms with van der Waals surface area (Å²) < 4.78 is 20.0. The van der Waals surface area contributed by atoms with Gasteiger partial charge in [-0.25, -0.2) is 9.59 Å². The van der Waals surface area contributed by atoms with Crippen molar-refractivity contribution in [3.05, 3.63) is 65.2 Å². The third kappa shape index (κ3) is 5.52. The lowest BCUT2D eigenvalue weighted by atomic mass is 10.2. The van der Waals surface area contributed by atoms with Gasteiger partial charge in [0, 0.05) is 42.1 Å². The highest BCUT2D eigenvalue weighted by atomic mass is 32.2. The Kier molecular flexibility index (Phi) is 7.78. The molecule has 0 saturated carbocycles. The molecular formula is C21H28N4O9S. The molecule has 14 heteroatoms. The molecule has 13 nitrogen and oxygen atoms in total. The summed E-state index contributed by atoms with van der Waals surface area (Å²) in [6.45, 7) is 3.12. The van der Waals surface area contributed by atoms with E-state index in [9.17, 15) is 29.4 Å². The Bertz CT molecular complexity index is 1290. The number of H-pyrrole nitrogens is 2. The molecule has 0 amide bonds. The Hall–Kier alpha value is -2.49. The van der Waals surface area contributed by atoms with Crippen molar-refractivity contribution < 1.29 is 24.4 Å². The van der Waals surface area contributed by atoms with Crippen molar-refractivity contribution in [2.24, 2.45) is 0 Å². The smallest absolute Gasteiger partial charge is 0.330 e. The normalized spacial score (nSPS) is 28.6. The average Bonchev–Trinajstić information content (AvgIpc) is 3.39. The van der Waals surface area contributed by atoms with Gasteiger partial charge in [-0.05, 0) is 13.8 Å². The largest absolute Gasteiger partial charge is 0.394 e. The molecule has 0 aromatic carbocycles.